The number of nitrogens with zero attached hydrogens (tertiary/aromatic N) is 1. The monoisotopic (exact) mass is 520 g/mol. The van der Waals surface area contributed by atoms with Gasteiger partial charge in [-0.1, -0.05) is 85.1 Å². The maximum absolute atomic E-state index is 13.6. The van der Waals surface area contributed by atoms with E-state index in [4.69, 9.17) is 16.3 Å². The van der Waals surface area contributed by atoms with Crippen LogP contribution in [-0.4, -0.2) is 35.9 Å². The van der Waals surface area contributed by atoms with Gasteiger partial charge in [-0.25, -0.2) is 0 Å². The highest BCUT2D eigenvalue weighted by Gasteiger charge is 2.30. The first-order valence-corrected chi connectivity index (χ1v) is 13.4. The zero-order valence-electron chi connectivity index (χ0n) is 21.8. The third-order valence-corrected chi connectivity index (χ3v) is 6.41. The lowest BCUT2D eigenvalue weighted by Gasteiger charge is -2.32. The summed E-state index contributed by atoms with van der Waals surface area (Å²) in [6.45, 7) is 5.49. The number of unbranched alkanes of at least 4 members (excludes halogenated alkanes) is 1. The van der Waals surface area contributed by atoms with Crippen LogP contribution >= 0.6 is 11.6 Å². The van der Waals surface area contributed by atoms with Crippen LogP contribution in [0.15, 0.2) is 78.9 Å². The topological polar surface area (TPSA) is 58.6 Å². The standard InChI is InChI=1S/C31H37ClN2O3/c1-3-4-19-33-31(36)29(22-25-11-6-5-7-12-25)34(23-26-13-8-10-24(2)21-26)30(35)14-9-20-37-28-17-15-27(32)16-18-28/h5-8,10-13,15-18,21,29H,3-4,9,14,19-20,22-23H2,1-2H3,(H,33,36)/t29-/m1/s1. The van der Waals surface area contributed by atoms with Crippen molar-refractivity contribution in [2.24, 2.45) is 0 Å². The zero-order chi connectivity index (χ0) is 26.5. The second-order valence-electron chi connectivity index (χ2n) is 9.27. The van der Waals surface area contributed by atoms with Crippen LogP contribution in [-0.2, 0) is 22.6 Å². The molecule has 0 saturated carbocycles. The number of ether oxygens (including phenoxy) is 1. The number of amides is 2. The zero-order valence-corrected chi connectivity index (χ0v) is 22.5. The Morgan fingerprint density at radius 2 is 1.68 bits per heavy atom. The maximum Gasteiger partial charge on any atom is 0.243 e. The first kappa shape index (κ1) is 28.3. The van der Waals surface area contributed by atoms with E-state index in [9.17, 15) is 9.59 Å². The van der Waals surface area contributed by atoms with Crippen molar-refractivity contribution in [3.05, 3.63) is 101 Å². The number of carbonyl (C=O) groups is 2. The van der Waals surface area contributed by atoms with E-state index in [1.807, 2.05) is 67.6 Å². The number of benzene rings is 3. The lowest BCUT2D eigenvalue weighted by Crippen LogP contribution is -2.50. The molecule has 2 amide bonds. The predicted molar refractivity (Wildman–Crippen MR) is 150 cm³/mol. The van der Waals surface area contributed by atoms with Gasteiger partial charge >= 0.3 is 0 Å². The molecule has 3 aromatic rings. The van der Waals surface area contributed by atoms with E-state index in [-0.39, 0.29) is 18.2 Å². The maximum atomic E-state index is 13.6. The van der Waals surface area contributed by atoms with Crippen LogP contribution < -0.4 is 10.1 Å². The molecule has 3 aromatic carbocycles. The van der Waals surface area contributed by atoms with E-state index in [2.05, 4.69) is 18.3 Å². The number of aryl methyl sites for hydroxylation is 1. The van der Waals surface area contributed by atoms with Crippen LogP contribution in [0.5, 0.6) is 5.75 Å². The van der Waals surface area contributed by atoms with Gasteiger partial charge in [0, 0.05) is 31.0 Å². The van der Waals surface area contributed by atoms with E-state index in [1.54, 1.807) is 17.0 Å². The Morgan fingerprint density at radius 1 is 0.946 bits per heavy atom. The van der Waals surface area contributed by atoms with Gasteiger partial charge in [-0.05, 0) is 55.2 Å². The Bertz CT molecular complexity index is 1120. The fourth-order valence-electron chi connectivity index (χ4n) is 4.16. The Balaban J connectivity index is 1.77. The molecule has 0 aliphatic rings. The van der Waals surface area contributed by atoms with Crippen molar-refractivity contribution in [2.75, 3.05) is 13.2 Å². The quantitative estimate of drug-likeness (QED) is 0.251. The van der Waals surface area contributed by atoms with Crippen LogP contribution in [0.4, 0.5) is 0 Å². The highest BCUT2D eigenvalue weighted by Crippen LogP contribution is 2.19. The van der Waals surface area contributed by atoms with Gasteiger partial charge in [-0.2, -0.15) is 0 Å². The minimum atomic E-state index is -0.607. The normalized spacial score (nSPS) is 11.5. The Labute approximate surface area is 225 Å². The predicted octanol–water partition coefficient (Wildman–Crippen LogP) is 6.36. The van der Waals surface area contributed by atoms with Crippen molar-refractivity contribution in [3.63, 3.8) is 0 Å². The molecule has 0 aliphatic heterocycles. The van der Waals surface area contributed by atoms with Gasteiger partial charge in [-0.15, -0.1) is 0 Å². The molecule has 0 bridgehead atoms. The lowest BCUT2D eigenvalue weighted by atomic mass is 10.0. The molecule has 196 valence electrons. The third kappa shape index (κ3) is 9.58. The number of hydrogen-bond donors (Lipinski definition) is 1. The molecule has 1 atom stereocenters. The summed E-state index contributed by atoms with van der Waals surface area (Å²) in [7, 11) is 0. The molecule has 3 rings (SSSR count). The second kappa shape index (κ2) is 15.1. The molecule has 0 spiro atoms. The summed E-state index contributed by atoms with van der Waals surface area (Å²) in [5.74, 6) is 0.536. The van der Waals surface area contributed by atoms with Crippen LogP contribution in [0.2, 0.25) is 5.02 Å². The minimum absolute atomic E-state index is 0.0622. The van der Waals surface area contributed by atoms with Gasteiger partial charge in [0.25, 0.3) is 0 Å². The van der Waals surface area contributed by atoms with Gasteiger partial charge in [0.1, 0.15) is 11.8 Å². The molecule has 0 aliphatic carbocycles. The number of halogens is 1. The minimum Gasteiger partial charge on any atom is -0.494 e. The summed E-state index contributed by atoms with van der Waals surface area (Å²) in [5.41, 5.74) is 3.14. The Hall–Kier alpha value is -3.31. The SMILES string of the molecule is CCCCNC(=O)[C@@H](Cc1ccccc1)N(Cc1cccc(C)c1)C(=O)CCCOc1ccc(Cl)cc1. The summed E-state index contributed by atoms with van der Waals surface area (Å²) in [6, 6.07) is 24.5. The van der Waals surface area contributed by atoms with Crippen LogP contribution in [0.1, 0.15) is 49.3 Å². The van der Waals surface area contributed by atoms with E-state index in [0.29, 0.717) is 43.3 Å². The van der Waals surface area contributed by atoms with E-state index >= 15 is 0 Å². The van der Waals surface area contributed by atoms with Crippen molar-refractivity contribution in [1.29, 1.82) is 0 Å². The van der Waals surface area contributed by atoms with Crippen molar-refractivity contribution in [3.8, 4) is 5.75 Å². The van der Waals surface area contributed by atoms with Gasteiger partial charge in [0.05, 0.1) is 6.61 Å². The summed E-state index contributed by atoms with van der Waals surface area (Å²) in [5, 5.41) is 3.71. The summed E-state index contributed by atoms with van der Waals surface area (Å²) in [6.07, 6.45) is 3.17. The van der Waals surface area contributed by atoms with E-state index in [1.165, 1.54) is 0 Å². The molecule has 1 N–H and O–H groups in total. The van der Waals surface area contributed by atoms with Crippen molar-refractivity contribution >= 4 is 23.4 Å². The van der Waals surface area contributed by atoms with Crippen LogP contribution in [0.3, 0.4) is 0 Å². The van der Waals surface area contributed by atoms with Gasteiger partial charge in [-0.3, -0.25) is 9.59 Å². The molecule has 0 fully saturated rings. The number of hydrogen-bond acceptors (Lipinski definition) is 3. The van der Waals surface area contributed by atoms with Crippen LogP contribution in [0, 0.1) is 6.92 Å². The highest BCUT2D eigenvalue weighted by molar-refractivity contribution is 6.30. The van der Waals surface area contributed by atoms with Crippen molar-refractivity contribution in [1.82, 2.24) is 10.2 Å². The fourth-order valence-corrected chi connectivity index (χ4v) is 4.28. The van der Waals surface area contributed by atoms with E-state index in [0.717, 1.165) is 29.5 Å². The first-order chi connectivity index (χ1) is 18.0. The summed E-state index contributed by atoms with van der Waals surface area (Å²) >= 11 is 5.94. The molecular formula is C31H37ClN2O3. The van der Waals surface area contributed by atoms with Crippen molar-refractivity contribution < 1.29 is 14.3 Å². The van der Waals surface area contributed by atoms with Gasteiger partial charge in [0.15, 0.2) is 0 Å². The fraction of sp³-hybridized carbons (Fsp3) is 0.355. The lowest BCUT2D eigenvalue weighted by molar-refractivity contribution is -0.141. The molecular weight excluding hydrogens is 484 g/mol. The van der Waals surface area contributed by atoms with Crippen molar-refractivity contribution in [2.45, 2.75) is 58.5 Å². The molecule has 0 saturated heterocycles. The molecule has 0 radical (unpaired) electrons. The third-order valence-electron chi connectivity index (χ3n) is 6.15. The Kier molecular flexibility index (Phi) is 11.5. The first-order valence-electron chi connectivity index (χ1n) is 13.0. The van der Waals surface area contributed by atoms with Gasteiger partial charge in [0.2, 0.25) is 11.8 Å². The number of nitrogens with one attached hydrogen (secondary N) is 1. The number of carbonyl (C=O) groups excluding carboxylic acids is 2. The molecule has 6 heteroatoms. The molecule has 5 nitrogen and oxygen atoms in total. The molecule has 0 unspecified atom stereocenters. The average molecular weight is 521 g/mol. The molecule has 37 heavy (non-hydrogen) atoms. The second-order valence-corrected chi connectivity index (χ2v) is 9.70. The van der Waals surface area contributed by atoms with E-state index < -0.39 is 6.04 Å². The van der Waals surface area contributed by atoms with Crippen LogP contribution in [0.25, 0.3) is 0 Å². The smallest absolute Gasteiger partial charge is 0.243 e. The average Bonchev–Trinajstić information content (AvgIpc) is 2.90. The molecule has 0 aromatic heterocycles. The summed E-state index contributed by atoms with van der Waals surface area (Å²) in [4.78, 5) is 28.8. The number of rotatable bonds is 14. The highest BCUT2D eigenvalue weighted by atomic mass is 35.5. The molecule has 0 heterocycles. The Morgan fingerprint density at radius 3 is 2.38 bits per heavy atom. The van der Waals surface area contributed by atoms with Gasteiger partial charge < -0.3 is 15.0 Å². The largest absolute Gasteiger partial charge is 0.494 e. The summed E-state index contributed by atoms with van der Waals surface area (Å²) < 4.78 is 5.79.